The lowest BCUT2D eigenvalue weighted by atomic mass is 10.0. The molecule has 0 N–H and O–H groups in total. The highest BCUT2D eigenvalue weighted by atomic mass is 32.2. The average Bonchev–Trinajstić information content (AvgIpc) is 2.73. The van der Waals surface area contributed by atoms with Gasteiger partial charge in [-0.25, -0.2) is 17.6 Å². The number of hydrogen-bond donors (Lipinski definition) is 0. The zero-order valence-corrected chi connectivity index (χ0v) is 19.6. The zero-order valence-electron chi connectivity index (χ0n) is 18.8. The van der Waals surface area contributed by atoms with Gasteiger partial charge in [0.1, 0.15) is 5.82 Å². The molecule has 2 heterocycles. The van der Waals surface area contributed by atoms with E-state index in [0.717, 1.165) is 30.9 Å². The smallest absolute Gasteiger partial charge is 0.410 e. The highest BCUT2D eigenvalue weighted by Gasteiger charge is 2.26. The first-order chi connectivity index (χ1) is 15.0. The van der Waals surface area contributed by atoms with E-state index in [-0.39, 0.29) is 22.7 Å². The van der Waals surface area contributed by atoms with Gasteiger partial charge in [-0.2, -0.15) is 0 Å². The molecular weight excluding hydrogens is 435 g/mol. The standard InChI is InChI=1S/C22H29FN4O4S/c1-15(2)31-22(28)27-9-7-17(8-10-27)26(3)14-16-12-25-21(13-24-16)19-6-5-18(11-20(19)23)32(4,29)30/h5-6,11-13,15,17H,7-10,14H2,1-4H3. The number of hydrogen-bond acceptors (Lipinski definition) is 7. The number of nitrogens with zero attached hydrogens (tertiary/aromatic N) is 4. The first kappa shape index (κ1) is 24.1. The third-order valence-corrected chi connectivity index (χ3v) is 6.55. The van der Waals surface area contributed by atoms with Crippen LogP contribution in [0.4, 0.5) is 9.18 Å². The molecule has 0 bridgehead atoms. The van der Waals surface area contributed by atoms with Crippen LogP contribution in [0.3, 0.4) is 0 Å². The van der Waals surface area contributed by atoms with Gasteiger partial charge in [0.25, 0.3) is 0 Å². The Morgan fingerprint density at radius 2 is 1.94 bits per heavy atom. The summed E-state index contributed by atoms with van der Waals surface area (Å²) in [6.45, 7) is 5.54. The fraction of sp³-hybridized carbons (Fsp3) is 0.500. The number of halogens is 1. The van der Waals surface area contributed by atoms with Gasteiger partial charge in [-0.3, -0.25) is 14.9 Å². The van der Waals surface area contributed by atoms with E-state index in [1.165, 1.54) is 18.3 Å². The van der Waals surface area contributed by atoms with Gasteiger partial charge >= 0.3 is 6.09 Å². The first-order valence-corrected chi connectivity index (χ1v) is 12.4. The van der Waals surface area contributed by atoms with Crippen molar-refractivity contribution in [3.8, 4) is 11.3 Å². The zero-order chi connectivity index (χ0) is 23.5. The third-order valence-electron chi connectivity index (χ3n) is 5.44. The minimum atomic E-state index is -3.48. The van der Waals surface area contributed by atoms with E-state index >= 15 is 0 Å². The number of likely N-dealkylation sites (tertiary alicyclic amines) is 1. The Morgan fingerprint density at radius 3 is 2.47 bits per heavy atom. The van der Waals surface area contributed by atoms with Gasteiger partial charge in [0, 0.05) is 37.5 Å². The summed E-state index contributed by atoms with van der Waals surface area (Å²) in [5.41, 5.74) is 1.28. The molecule has 0 saturated carbocycles. The molecule has 0 atom stereocenters. The highest BCUT2D eigenvalue weighted by molar-refractivity contribution is 7.90. The fourth-order valence-electron chi connectivity index (χ4n) is 3.66. The molecule has 1 aliphatic rings. The summed E-state index contributed by atoms with van der Waals surface area (Å²) in [4.78, 5) is 24.6. The lowest BCUT2D eigenvalue weighted by molar-refractivity contribution is 0.0575. The predicted octanol–water partition coefficient (Wildman–Crippen LogP) is 3.13. The summed E-state index contributed by atoms with van der Waals surface area (Å²) in [5, 5.41) is 0. The molecule has 2 aromatic rings. The van der Waals surface area contributed by atoms with Gasteiger partial charge < -0.3 is 9.64 Å². The summed E-state index contributed by atoms with van der Waals surface area (Å²) >= 11 is 0. The molecule has 1 aromatic heterocycles. The Kier molecular flexibility index (Phi) is 7.45. The maximum atomic E-state index is 14.4. The number of carbonyl (C=O) groups is 1. The molecule has 3 rings (SSSR count). The summed E-state index contributed by atoms with van der Waals surface area (Å²) in [5.74, 6) is -0.658. The van der Waals surface area contributed by atoms with Crippen LogP contribution in [0, 0.1) is 5.82 Å². The molecule has 1 amide bonds. The van der Waals surface area contributed by atoms with Crippen LogP contribution in [0.25, 0.3) is 11.3 Å². The van der Waals surface area contributed by atoms with E-state index < -0.39 is 15.7 Å². The largest absolute Gasteiger partial charge is 0.447 e. The minimum absolute atomic E-state index is 0.0755. The van der Waals surface area contributed by atoms with Crippen molar-refractivity contribution in [2.75, 3.05) is 26.4 Å². The lowest BCUT2D eigenvalue weighted by Crippen LogP contribution is -2.46. The number of carbonyl (C=O) groups excluding carboxylic acids is 1. The van der Waals surface area contributed by atoms with Crippen LogP contribution in [-0.4, -0.2) is 72.8 Å². The van der Waals surface area contributed by atoms with Crippen molar-refractivity contribution in [1.82, 2.24) is 19.8 Å². The molecule has 0 spiro atoms. The van der Waals surface area contributed by atoms with Crippen molar-refractivity contribution in [1.29, 1.82) is 0 Å². The van der Waals surface area contributed by atoms with Gasteiger partial charge in [0.15, 0.2) is 9.84 Å². The molecule has 0 radical (unpaired) electrons. The number of benzene rings is 1. The van der Waals surface area contributed by atoms with Gasteiger partial charge in [-0.15, -0.1) is 0 Å². The Bertz CT molecular complexity index is 1050. The third kappa shape index (κ3) is 6.01. The van der Waals surface area contributed by atoms with E-state index in [1.54, 1.807) is 11.1 Å². The van der Waals surface area contributed by atoms with Crippen LogP contribution in [0.1, 0.15) is 32.4 Å². The van der Waals surface area contributed by atoms with Crippen molar-refractivity contribution in [2.24, 2.45) is 0 Å². The van der Waals surface area contributed by atoms with Crippen LogP contribution in [0.2, 0.25) is 0 Å². The van der Waals surface area contributed by atoms with E-state index in [9.17, 15) is 17.6 Å². The second-order valence-electron chi connectivity index (χ2n) is 8.37. The molecule has 10 heteroatoms. The maximum Gasteiger partial charge on any atom is 0.410 e. The number of rotatable bonds is 6. The van der Waals surface area contributed by atoms with Crippen molar-refractivity contribution in [2.45, 2.75) is 50.3 Å². The van der Waals surface area contributed by atoms with E-state index in [1.807, 2.05) is 20.9 Å². The summed E-state index contributed by atoms with van der Waals surface area (Å²) in [6, 6.07) is 4.07. The number of sulfone groups is 1. The molecule has 0 aliphatic carbocycles. The minimum Gasteiger partial charge on any atom is -0.447 e. The molecule has 1 saturated heterocycles. The van der Waals surface area contributed by atoms with Crippen molar-refractivity contribution in [3.05, 3.63) is 42.1 Å². The van der Waals surface area contributed by atoms with Crippen molar-refractivity contribution in [3.63, 3.8) is 0 Å². The Morgan fingerprint density at radius 1 is 1.25 bits per heavy atom. The van der Waals surface area contributed by atoms with Crippen molar-refractivity contribution < 1.29 is 22.3 Å². The number of aromatic nitrogens is 2. The van der Waals surface area contributed by atoms with Gasteiger partial charge in [0.05, 0.1) is 34.8 Å². The molecule has 1 aliphatic heterocycles. The predicted molar refractivity (Wildman–Crippen MR) is 118 cm³/mol. The molecule has 0 unspecified atom stereocenters. The monoisotopic (exact) mass is 464 g/mol. The number of piperidine rings is 1. The molecule has 8 nitrogen and oxygen atoms in total. The fourth-order valence-corrected chi connectivity index (χ4v) is 4.29. The van der Waals surface area contributed by atoms with Gasteiger partial charge in [-0.05, 0) is 51.9 Å². The van der Waals surface area contributed by atoms with Crippen LogP contribution >= 0.6 is 0 Å². The topological polar surface area (TPSA) is 92.7 Å². The summed E-state index contributed by atoms with van der Waals surface area (Å²) in [6.07, 6.45) is 5.42. The van der Waals surface area contributed by atoms with Crippen LogP contribution < -0.4 is 0 Å². The Hall–Kier alpha value is -2.59. The summed E-state index contributed by atoms with van der Waals surface area (Å²) < 4.78 is 42.8. The van der Waals surface area contributed by atoms with Crippen LogP contribution in [0.15, 0.2) is 35.5 Å². The SMILES string of the molecule is CC(C)OC(=O)N1CCC(N(C)Cc2cnc(-c3ccc(S(C)(=O)=O)cc3F)cn2)CC1. The summed E-state index contributed by atoms with van der Waals surface area (Å²) in [7, 11) is -1.47. The van der Waals surface area contributed by atoms with Gasteiger partial charge in [0.2, 0.25) is 0 Å². The van der Waals surface area contributed by atoms with E-state index in [0.29, 0.717) is 31.4 Å². The van der Waals surface area contributed by atoms with Gasteiger partial charge in [-0.1, -0.05) is 0 Å². The molecule has 1 fully saturated rings. The Labute approximate surface area is 188 Å². The molecule has 1 aromatic carbocycles. The van der Waals surface area contributed by atoms with Crippen LogP contribution in [0.5, 0.6) is 0 Å². The molecule has 32 heavy (non-hydrogen) atoms. The van der Waals surface area contributed by atoms with Crippen molar-refractivity contribution >= 4 is 15.9 Å². The second-order valence-corrected chi connectivity index (χ2v) is 10.4. The van der Waals surface area contributed by atoms with Crippen LogP contribution in [-0.2, 0) is 21.1 Å². The highest BCUT2D eigenvalue weighted by Crippen LogP contribution is 2.24. The van der Waals surface area contributed by atoms with E-state index in [4.69, 9.17) is 4.74 Å². The number of amides is 1. The quantitative estimate of drug-likeness (QED) is 0.648. The molecule has 174 valence electrons. The maximum absolute atomic E-state index is 14.4. The normalized spacial score (nSPS) is 15.4. The first-order valence-electron chi connectivity index (χ1n) is 10.5. The number of ether oxygens (including phenoxy) is 1. The van der Waals surface area contributed by atoms with E-state index in [2.05, 4.69) is 14.9 Å². The lowest BCUT2D eigenvalue weighted by Gasteiger charge is -2.36. The average molecular weight is 465 g/mol. The Balaban J connectivity index is 1.59. The molecular formula is C22H29FN4O4S. The second kappa shape index (κ2) is 9.91.